The zero-order valence-electron chi connectivity index (χ0n) is 16.7. The zero-order chi connectivity index (χ0) is 21.4. The number of nitrogens with two attached hydrogens (primary N) is 1. The van der Waals surface area contributed by atoms with E-state index in [9.17, 15) is 10.1 Å². The second-order valence-electron chi connectivity index (χ2n) is 6.56. The lowest BCUT2D eigenvalue weighted by molar-refractivity contribution is 0.102. The molecule has 0 aliphatic rings. The van der Waals surface area contributed by atoms with E-state index in [2.05, 4.69) is 21.7 Å². The summed E-state index contributed by atoms with van der Waals surface area (Å²) in [6.07, 6.45) is 4.41. The summed E-state index contributed by atoms with van der Waals surface area (Å²) in [7, 11) is 1.75. The van der Waals surface area contributed by atoms with E-state index in [1.165, 1.54) is 6.21 Å². The van der Waals surface area contributed by atoms with Crippen LogP contribution in [0.15, 0.2) is 53.7 Å². The molecule has 0 unspecified atom stereocenters. The number of amidine groups is 1. The first-order valence-corrected chi connectivity index (χ1v) is 9.08. The van der Waals surface area contributed by atoms with E-state index in [0.29, 0.717) is 33.6 Å². The van der Waals surface area contributed by atoms with Gasteiger partial charge in [-0.15, -0.1) is 0 Å². The van der Waals surface area contributed by atoms with Crippen molar-refractivity contribution in [2.24, 2.45) is 10.7 Å². The highest BCUT2D eigenvalue weighted by atomic mass is 16.1. The molecule has 0 saturated carbocycles. The summed E-state index contributed by atoms with van der Waals surface area (Å²) in [5.74, 6) is -0.0352. The number of nitrogens with zero attached hydrogens (tertiary/aromatic N) is 2. The molecule has 2 rings (SSSR count). The summed E-state index contributed by atoms with van der Waals surface area (Å²) in [5.41, 5.74) is 9.07. The SMILES string of the molecule is CN/C=C\C(N)=Nc1cc(NC(=O)c2cccc(C#N)c2C(C)C)ccc1C=N. The Morgan fingerprint density at radius 3 is 2.69 bits per heavy atom. The number of hydrogen-bond acceptors (Lipinski definition) is 5. The maximum atomic E-state index is 12.9. The lowest BCUT2D eigenvalue weighted by atomic mass is 9.92. The molecule has 5 N–H and O–H groups in total. The normalized spacial score (nSPS) is 11.3. The summed E-state index contributed by atoms with van der Waals surface area (Å²) in [4.78, 5) is 17.2. The molecule has 0 aliphatic heterocycles. The van der Waals surface area contributed by atoms with Crippen LogP contribution in [0.25, 0.3) is 0 Å². The molecular formula is C22H24N6O. The van der Waals surface area contributed by atoms with Crippen LogP contribution in [0.2, 0.25) is 0 Å². The van der Waals surface area contributed by atoms with Gasteiger partial charge in [0.15, 0.2) is 0 Å². The van der Waals surface area contributed by atoms with Crippen LogP contribution in [-0.2, 0) is 0 Å². The average Bonchev–Trinajstić information content (AvgIpc) is 2.71. The molecule has 29 heavy (non-hydrogen) atoms. The smallest absolute Gasteiger partial charge is 0.255 e. The quantitative estimate of drug-likeness (QED) is 0.426. The molecule has 0 heterocycles. The van der Waals surface area contributed by atoms with Gasteiger partial charge >= 0.3 is 0 Å². The van der Waals surface area contributed by atoms with Crippen molar-refractivity contribution in [2.75, 3.05) is 12.4 Å². The molecule has 0 bridgehead atoms. The van der Waals surface area contributed by atoms with Crippen LogP contribution in [0.1, 0.15) is 46.8 Å². The number of anilines is 1. The third-order valence-electron chi connectivity index (χ3n) is 4.16. The monoisotopic (exact) mass is 388 g/mol. The van der Waals surface area contributed by atoms with Gasteiger partial charge in [0.25, 0.3) is 5.91 Å². The Balaban J connectivity index is 2.40. The third kappa shape index (κ3) is 5.30. The van der Waals surface area contributed by atoms with Gasteiger partial charge in [0, 0.05) is 30.1 Å². The Hall–Kier alpha value is -3.92. The largest absolute Gasteiger partial charge is 0.394 e. The number of benzene rings is 2. The fourth-order valence-electron chi connectivity index (χ4n) is 2.87. The van der Waals surface area contributed by atoms with Crippen LogP contribution in [0, 0.1) is 16.7 Å². The van der Waals surface area contributed by atoms with Gasteiger partial charge in [-0.2, -0.15) is 5.26 Å². The molecule has 2 aromatic rings. The summed E-state index contributed by atoms with van der Waals surface area (Å²) in [5, 5.41) is 22.6. The molecule has 0 aliphatic carbocycles. The maximum absolute atomic E-state index is 12.9. The number of carbonyl (C=O) groups excluding carboxylic acids is 1. The van der Waals surface area contributed by atoms with E-state index in [4.69, 9.17) is 11.1 Å². The number of rotatable bonds is 7. The van der Waals surface area contributed by atoms with Crippen molar-refractivity contribution in [1.82, 2.24) is 5.32 Å². The minimum Gasteiger partial charge on any atom is -0.394 e. The van der Waals surface area contributed by atoms with Gasteiger partial charge in [-0.25, -0.2) is 4.99 Å². The average molecular weight is 388 g/mol. The summed E-state index contributed by atoms with van der Waals surface area (Å²) in [6, 6.07) is 12.3. The van der Waals surface area contributed by atoms with Crippen molar-refractivity contribution < 1.29 is 4.79 Å². The van der Waals surface area contributed by atoms with Crippen LogP contribution in [0.5, 0.6) is 0 Å². The van der Waals surface area contributed by atoms with Crippen LogP contribution in [0.4, 0.5) is 11.4 Å². The molecule has 2 aromatic carbocycles. The summed E-state index contributed by atoms with van der Waals surface area (Å²) >= 11 is 0. The Kier molecular flexibility index (Phi) is 7.26. The van der Waals surface area contributed by atoms with E-state index < -0.39 is 0 Å². The molecule has 0 spiro atoms. The molecule has 7 heteroatoms. The van der Waals surface area contributed by atoms with E-state index in [-0.39, 0.29) is 17.7 Å². The first kappa shape index (κ1) is 21.4. The highest BCUT2D eigenvalue weighted by Gasteiger charge is 2.18. The predicted octanol–water partition coefficient (Wildman–Crippen LogP) is 3.65. The van der Waals surface area contributed by atoms with Crippen molar-refractivity contribution in [3.8, 4) is 6.07 Å². The minimum absolute atomic E-state index is 0.0193. The fourth-order valence-corrected chi connectivity index (χ4v) is 2.87. The predicted molar refractivity (Wildman–Crippen MR) is 117 cm³/mol. The van der Waals surface area contributed by atoms with Crippen molar-refractivity contribution in [3.63, 3.8) is 0 Å². The molecule has 0 aromatic heterocycles. The standard InChI is InChI=1S/C22H24N6O/c1-14(2)21-16(13-24)5-4-6-18(21)22(29)27-17-8-7-15(12-23)19(11-17)28-20(25)9-10-26-3/h4-12,14,23,26H,1-3H3,(H2,25,28)(H,27,29)/b10-9-,23-12?. The minimum atomic E-state index is -0.314. The highest BCUT2D eigenvalue weighted by Crippen LogP contribution is 2.26. The van der Waals surface area contributed by atoms with E-state index in [1.807, 2.05) is 13.8 Å². The van der Waals surface area contributed by atoms with Crippen molar-refractivity contribution in [1.29, 1.82) is 10.7 Å². The number of amides is 1. The number of carbonyl (C=O) groups is 1. The first-order chi connectivity index (χ1) is 13.9. The van der Waals surface area contributed by atoms with E-state index >= 15 is 0 Å². The Morgan fingerprint density at radius 1 is 1.31 bits per heavy atom. The lowest BCUT2D eigenvalue weighted by Crippen LogP contribution is -2.16. The second kappa shape index (κ2) is 9.85. The van der Waals surface area contributed by atoms with Crippen molar-refractivity contribution in [3.05, 3.63) is 70.9 Å². The van der Waals surface area contributed by atoms with Crippen molar-refractivity contribution in [2.45, 2.75) is 19.8 Å². The van der Waals surface area contributed by atoms with Gasteiger partial charge < -0.3 is 21.8 Å². The Labute approximate surface area is 170 Å². The van der Waals surface area contributed by atoms with Crippen LogP contribution < -0.4 is 16.4 Å². The topological polar surface area (TPSA) is 127 Å². The Morgan fingerprint density at radius 2 is 2.07 bits per heavy atom. The number of nitrogens with one attached hydrogen (secondary N) is 3. The third-order valence-corrected chi connectivity index (χ3v) is 4.16. The zero-order valence-corrected chi connectivity index (χ0v) is 16.7. The molecule has 0 fully saturated rings. The molecule has 0 atom stereocenters. The van der Waals surface area contributed by atoms with Crippen LogP contribution in [0.3, 0.4) is 0 Å². The van der Waals surface area contributed by atoms with Gasteiger partial charge in [0.2, 0.25) is 0 Å². The van der Waals surface area contributed by atoms with Crippen molar-refractivity contribution >= 4 is 29.3 Å². The first-order valence-electron chi connectivity index (χ1n) is 9.08. The fraction of sp³-hybridized carbons (Fsp3) is 0.182. The molecule has 0 saturated heterocycles. The molecule has 148 valence electrons. The van der Waals surface area contributed by atoms with Gasteiger partial charge in [-0.1, -0.05) is 19.9 Å². The van der Waals surface area contributed by atoms with Crippen LogP contribution in [-0.4, -0.2) is 25.0 Å². The summed E-state index contributed by atoms with van der Waals surface area (Å²) < 4.78 is 0. The molecule has 7 nitrogen and oxygen atoms in total. The van der Waals surface area contributed by atoms with E-state index in [1.54, 1.807) is 55.7 Å². The molecular weight excluding hydrogens is 364 g/mol. The van der Waals surface area contributed by atoms with Gasteiger partial charge in [0.05, 0.1) is 17.3 Å². The van der Waals surface area contributed by atoms with E-state index in [0.717, 1.165) is 0 Å². The number of aliphatic imine (C=N–C) groups is 1. The maximum Gasteiger partial charge on any atom is 0.255 e. The summed E-state index contributed by atoms with van der Waals surface area (Å²) in [6.45, 7) is 3.89. The molecule has 1 amide bonds. The number of nitriles is 1. The highest BCUT2D eigenvalue weighted by molar-refractivity contribution is 6.06. The molecule has 0 radical (unpaired) electrons. The van der Waals surface area contributed by atoms with Gasteiger partial charge in [-0.05, 0) is 54.1 Å². The second-order valence-corrected chi connectivity index (χ2v) is 6.56. The van der Waals surface area contributed by atoms with Crippen LogP contribution >= 0.6 is 0 Å². The lowest BCUT2D eigenvalue weighted by Gasteiger charge is -2.15. The number of hydrogen-bond donors (Lipinski definition) is 4. The Bertz CT molecular complexity index is 1010. The van der Waals surface area contributed by atoms with Gasteiger partial charge in [-0.3, -0.25) is 4.79 Å². The van der Waals surface area contributed by atoms with Gasteiger partial charge in [0.1, 0.15) is 5.84 Å².